The van der Waals surface area contributed by atoms with E-state index in [4.69, 9.17) is 9.47 Å². The predicted octanol–water partition coefficient (Wildman–Crippen LogP) is 2.41. The number of rotatable bonds is 2. The lowest BCUT2D eigenvalue weighted by Crippen LogP contribution is -2.23. The van der Waals surface area contributed by atoms with Crippen molar-refractivity contribution >= 4 is 11.7 Å². The van der Waals surface area contributed by atoms with Crippen molar-refractivity contribution in [2.24, 2.45) is 0 Å². The minimum atomic E-state index is -0.0549. The molecule has 114 valence electrons. The molecule has 1 aromatic heterocycles. The van der Waals surface area contributed by atoms with Crippen molar-refractivity contribution in [2.45, 2.75) is 32.7 Å². The molecule has 0 saturated carbocycles. The molecule has 2 aromatic rings. The molecule has 1 unspecified atom stereocenters. The van der Waals surface area contributed by atoms with Crippen LogP contribution in [0.15, 0.2) is 18.2 Å². The standard InChI is InChI=1S/C16H17N3O3/c1-3-19-9(2)14-11(7-13(20)17-16(14)18-19)10-5-4-6-12-15(10)22-8-21-12/h4-6,11H,3,7-8H2,1-2H3,(H,17,18,20). The lowest BCUT2D eigenvalue weighted by atomic mass is 9.85. The van der Waals surface area contributed by atoms with Gasteiger partial charge in [0.05, 0.1) is 0 Å². The fourth-order valence-electron chi connectivity index (χ4n) is 3.34. The number of hydrogen-bond donors (Lipinski definition) is 1. The molecule has 0 saturated heterocycles. The minimum Gasteiger partial charge on any atom is -0.454 e. The van der Waals surface area contributed by atoms with Crippen LogP contribution < -0.4 is 14.8 Å². The topological polar surface area (TPSA) is 65.4 Å². The third kappa shape index (κ3) is 1.80. The summed E-state index contributed by atoms with van der Waals surface area (Å²) in [4.78, 5) is 12.1. The van der Waals surface area contributed by atoms with Gasteiger partial charge >= 0.3 is 0 Å². The Kier molecular flexibility index (Phi) is 2.85. The van der Waals surface area contributed by atoms with E-state index in [1.54, 1.807) is 0 Å². The lowest BCUT2D eigenvalue weighted by molar-refractivity contribution is -0.116. The van der Waals surface area contributed by atoms with E-state index >= 15 is 0 Å². The Morgan fingerprint density at radius 2 is 2.27 bits per heavy atom. The number of ether oxygens (including phenoxy) is 2. The normalized spacial score (nSPS) is 19.0. The maximum Gasteiger partial charge on any atom is 0.231 e. The van der Waals surface area contributed by atoms with E-state index in [0.29, 0.717) is 12.2 Å². The summed E-state index contributed by atoms with van der Waals surface area (Å²) >= 11 is 0. The number of hydrogen-bond acceptors (Lipinski definition) is 4. The van der Waals surface area contributed by atoms with Gasteiger partial charge in [-0.3, -0.25) is 9.48 Å². The molecule has 0 radical (unpaired) electrons. The average Bonchev–Trinajstić information content (AvgIpc) is 3.10. The highest BCUT2D eigenvalue weighted by Crippen LogP contribution is 2.46. The SMILES string of the molecule is CCn1nc2c(c1C)C(c1cccc3c1OCO3)CC(=O)N2. The molecule has 3 heterocycles. The van der Waals surface area contributed by atoms with E-state index in [1.165, 1.54) is 0 Å². The first-order valence-electron chi connectivity index (χ1n) is 7.44. The van der Waals surface area contributed by atoms with Gasteiger partial charge in [-0.25, -0.2) is 0 Å². The Morgan fingerprint density at radius 3 is 3.09 bits per heavy atom. The molecule has 1 aromatic carbocycles. The molecular formula is C16H17N3O3. The van der Waals surface area contributed by atoms with Gasteiger partial charge in [0.25, 0.3) is 0 Å². The maximum atomic E-state index is 12.1. The summed E-state index contributed by atoms with van der Waals surface area (Å²) in [6.45, 7) is 5.08. The van der Waals surface area contributed by atoms with Gasteiger partial charge < -0.3 is 14.8 Å². The molecule has 1 amide bonds. The molecule has 0 bridgehead atoms. The summed E-state index contributed by atoms with van der Waals surface area (Å²) in [5, 5.41) is 7.38. The van der Waals surface area contributed by atoms with Gasteiger partial charge in [-0.2, -0.15) is 5.10 Å². The zero-order valence-corrected chi connectivity index (χ0v) is 12.5. The molecule has 2 aliphatic heterocycles. The Balaban J connectivity index is 1.89. The van der Waals surface area contributed by atoms with Crippen LogP contribution in [0, 0.1) is 6.92 Å². The molecule has 1 atom stereocenters. The number of nitrogens with one attached hydrogen (secondary N) is 1. The van der Waals surface area contributed by atoms with Gasteiger partial charge in [-0.15, -0.1) is 0 Å². The number of para-hydroxylation sites is 1. The van der Waals surface area contributed by atoms with E-state index in [0.717, 1.165) is 34.9 Å². The van der Waals surface area contributed by atoms with Gasteiger partial charge in [-0.1, -0.05) is 12.1 Å². The molecule has 0 spiro atoms. The second-order valence-electron chi connectivity index (χ2n) is 5.55. The van der Waals surface area contributed by atoms with E-state index in [2.05, 4.69) is 10.4 Å². The second kappa shape index (κ2) is 4.76. The highest BCUT2D eigenvalue weighted by molar-refractivity contribution is 5.94. The summed E-state index contributed by atoms with van der Waals surface area (Å²) in [6.07, 6.45) is 0.392. The molecule has 0 aliphatic carbocycles. The minimum absolute atomic E-state index is 0.0187. The van der Waals surface area contributed by atoms with Crippen LogP contribution in [0.4, 0.5) is 5.82 Å². The zero-order valence-electron chi connectivity index (χ0n) is 12.5. The molecule has 4 rings (SSSR count). The number of carbonyl (C=O) groups is 1. The first-order chi connectivity index (χ1) is 10.7. The fourth-order valence-corrected chi connectivity index (χ4v) is 3.34. The quantitative estimate of drug-likeness (QED) is 0.925. The van der Waals surface area contributed by atoms with Crippen LogP contribution in [0.5, 0.6) is 11.5 Å². The Labute approximate surface area is 128 Å². The van der Waals surface area contributed by atoms with Crippen molar-refractivity contribution in [3.8, 4) is 11.5 Å². The van der Waals surface area contributed by atoms with Crippen LogP contribution in [0.2, 0.25) is 0 Å². The average molecular weight is 299 g/mol. The van der Waals surface area contributed by atoms with Gasteiger partial charge in [0, 0.05) is 35.7 Å². The fraction of sp³-hybridized carbons (Fsp3) is 0.375. The van der Waals surface area contributed by atoms with Crippen LogP contribution in [0.25, 0.3) is 0 Å². The smallest absolute Gasteiger partial charge is 0.231 e. The van der Waals surface area contributed by atoms with Crippen LogP contribution in [0.1, 0.15) is 36.1 Å². The Morgan fingerprint density at radius 1 is 1.41 bits per heavy atom. The number of benzene rings is 1. The molecule has 0 fully saturated rings. The van der Waals surface area contributed by atoms with E-state index in [9.17, 15) is 4.79 Å². The van der Waals surface area contributed by atoms with E-state index < -0.39 is 0 Å². The molecule has 22 heavy (non-hydrogen) atoms. The van der Waals surface area contributed by atoms with Crippen molar-refractivity contribution in [3.05, 3.63) is 35.0 Å². The molecule has 2 aliphatic rings. The van der Waals surface area contributed by atoms with Crippen LogP contribution in [0.3, 0.4) is 0 Å². The highest BCUT2D eigenvalue weighted by Gasteiger charge is 2.34. The number of amides is 1. The van der Waals surface area contributed by atoms with E-state index in [-0.39, 0.29) is 18.6 Å². The Hall–Kier alpha value is -2.50. The van der Waals surface area contributed by atoms with Crippen molar-refractivity contribution in [1.29, 1.82) is 0 Å². The summed E-state index contributed by atoms with van der Waals surface area (Å²) in [5.41, 5.74) is 3.15. The Bertz CT molecular complexity index is 766. The van der Waals surface area contributed by atoms with Crippen molar-refractivity contribution in [1.82, 2.24) is 9.78 Å². The maximum absolute atomic E-state index is 12.1. The third-order valence-corrected chi connectivity index (χ3v) is 4.35. The molecule has 6 heteroatoms. The number of fused-ring (bicyclic) bond motifs is 2. The first-order valence-corrected chi connectivity index (χ1v) is 7.44. The molecule has 6 nitrogen and oxygen atoms in total. The summed E-state index contributed by atoms with van der Waals surface area (Å²) < 4.78 is 13.0. The second-order valence-corrected chi connectivity index (χ2v) is 5.55. The third-order valence-electron chi connectivity index (χ3n) is 4.35. The van der Waals surface area contributed by atoms with E-state index in [1.807, 2.05) is 36.7 Å². The number of aromatic nitrogens is 2. The van der Waals surface area contributed by atoms with Crippen molar-refractivity contribution in [3.63, 3.8) is 0 Å². The highest BCUT2D eigenvalue weighted by atomic mass is 16.7. The summed E-state index contributed by atoms with van der Waals surface area (Å²) in [6, 6.07) is 5.83. The summed E-state index contributed by atoms with van der Waals surface area (Å²) in [5.74, 6) is 2.08. The first kappa shape index (κ1) is 13.2. The molecular weight excluding hydrogens is 282 g/mol. The molecule has 1 N–H and O–H groups in total. The van der Waals surface area contributed by atoms with Gasteiger partial charge in [0.15, 0.2) is 17.3 Å². The predicted molar refractivity (Wildman–Crippen MR) is 80.3 cm³/mol. The zero-order chi connectivity index (χ0) is 15.3. The lowest BCUT2D eigenvalue weighted by Gasteiger charge is -2.23. The van der Waals surface area contributed by atoms with Gasteiger partial charge in [0.2, 0.25) is 12.7 Å². The van der Waals surface area contributed by atoms with Crippen molar-refractivity contribution in [2.75, 3.05) is 12.1 Å². The largest absolute Gasteiger partial charge is 0.454 e. The summed E-state index contributed by atoms with van der Waals surface area (Å²) in [7, 11) is 0. The number of carbonyl (C=O) groups excluding carboxylic acids is 1. The van der Waals surface area contributed by atoms with Crippen LogP contribution in [-0.4, -0.2) is 22.5 Å². The van der Waals surface area contributed by atoms with Crippen LogP contribution in [-0.2, 0) is 11.3 Å². The van der Waals surface area contributed by atoms with Crippen molar-refractivity contribution < 1.29 is 14.3 Å². The number of nitrogens with zero attached hydrogens (tertiary/aromatic N) is 2. The monoisotopic (exact) mass is 299 g/mol. The number of aryl methyl sites for hydroxylation is 1. The van der Waals surface area contributed by atoms with Crippen LogP contribution >= 0.6 is 0 Å². The number of anilines is 1. The van der Waals surface area contributed by atoms with Gasteiger partial charge in [0.1, 0.15) is 0 Å². The van der Waals surface area contributed by atoms with Gasteiger partial charge in [-0.05, 0) is 19.9 Å².